The second-order valence-corrected chi connectivity index (χ2v) is 6.92. The number of sulfonamides is 1. The number of carbonyl (C=O) groups is 1. The molecule has 128 valence electrons. The zero-order chi connectivity index (χ0) is 17.6. The van der Waals surface area contributed by atoms with Crippen molar-refractivity contribution in [2.45, 2.75) is 6.42 Å². The number of benzene rings is 2. The quantitative estimate of drug-likeness (QED) is 0.747. The first-order valence-corrected chi connectivity index (χ1v) is 9.09. The van der Waals surface area contributed by atoms with Gasteiger partial charge < -0.3 is 10.6 Å². The lowest BCUT2D eigenvalue weighted by molar-refractivity contribution is 0.252. The summed E-state index contributed by atoms with van der Waals surface area (Å²) in [6.45, 7) is 0.292. The molecule has 0 heterocycles. The highest BCUT2D eigenvalue weighted by molar-refractivity contribution is 7.92. The van der Waals surface area contributed by atoms with Crippen LogP contribution in [0.5, 0.6) is 0 Å². The van der Waals surface area contributed by atoms with Crippen LogP contribution in [-0.2, 0) is 16.4 Å². The monoisotopic (exact) mass is 351 g/mol. The predicted octanol–water partition coefficient (Wildman–Crippen LogP) is 2.56. The Morgan fingerprint density at radius 3 is 2.29 bits per heavy atom. The number of urea groups is 1. The number of carbonyl (C=O) groups excluding carboxylic acids is 1. The third-order valence-electron chi connectivity index (χ3n) is 3.08. The molecule has 3 N–H and O–H groups in total. The maximum atomic E-state index is 13.4. The van der Waals surface area contributed by atoms with Crippen LogP contribution in [0.4, 0.5) is 20.6 Å². The number of amides is 2. The molecule has 0 atom stereocenters. The molecule has 2 amide bonds. The van der Waals surface area contributed by atoms with Gasteiger partial charge in [-0.25, -0.2) is 17.6 Å². The molecule has 0 aromatic heterocycles. The molecule has 0 aliphatic rings. The van der Waals surface area contributed by atoms with Crippen LogP contribution in [0.1, 0.15) is 5.56 Å². The van der Waals surface area contributed by atoms with Crippen molar-refractivity contribution in [1.29, 1.82) is 0 Å². The maximum Gasteiger partial charge on any atom is 0.319 e. The smallest absolute Gasteiger partial charge is 0.319 e. The third-order valence-corrected chi connectivity index (χ3v) is 3.69. The van der Waals surface area contributed by atoms with Crippen molar-refractivity contribution in [2.75, 3.05) is 22.8 Å². The topological polar surface area (TPSA) is 87.3 Å². The fourth-order valence-corrected chi connectivity index (χ4v) is 2.59. The molecule has 0 saturated heterocycles. The molecular weight excluding hydrogens is 333 g/mol. The van der Waals surface area contributed by atoms with Crippen LogP contribution < -0.4 is 15.4 Å². The van der Waals surface area contributed by atoms with Crippen molar-refractivity contribution < 1.29 is 17.6 Å². The largest absolute Gasteiger partial charge is 0.338 e. The number of hydrogen-bond acceptors (Lipinski definition) is 3. The van der Waals surface area contributed by atoms with E-state index in [0.29, 0.717) is 29.9 Å². The van der Waals surface area contributed by atoms with Gasteiger partial charge in [-0.1, -0.05) is 18.2 Å². The summed E-state index contributed by atoms with van der Waals surface area (Å²) < 4.78 is 38.0. The number of rotatable bonds is 6. The first kappa shape index (κ1) is 17.7. The second kappa shape index (κ2) is 7.78. The fourth-order valence-electron chi connectivity index (χ4n) is 2.02. The summed E-state index contributed by atoms with van der Waals surface area (Å²) in [6.07, 6.45) is 1.44. The predicted molar refractivity (Wildman–Crippen MR) is 92.0 cm³/mol. The summed E-state index contributed by atoms with van der Waals surface area (Å²) in [5, 5.41) is 5.24. The first-order valence-electron chi connectivity index (χ1n) is 7.19. The Morgan fingerprint density at radius 1 is 1.04 bits per heavy atom. The highest BCUT2D eigenvalue weighted by atomic mass is 32.2. The van der Waals surface area contributed by atoms with E-state index in [0.717, 1.165) is 6.26 Å². The Hall–Kier alpha value is -2.61. The summed E-state index contributed by atoms with van der Waals surface area (Å²) >= 11 is 0. The minimum absolute atomic E-state index is 0.292. The molecule has 0 unspecified atom stereocenters. The minimum atomic E-state index is -3.34. The van der Waals surface area contributed by atoms with E-state index in [2.05, 4.69) is 15.4 Å². The number of nitrogens with one attached hydrogen (secondary N) is 3. The summed E-state index contributed by atoms with van der Waals surface area (Å²) in [5.41, 5.74) is 1.45. The highest BCUT2D eigenvalue weighted by Gasteiger charge is 2.05. The zero-order valence-electron chi connectivity index (χ0n) is 13.0. The molecule has 0 radical (unpaired) electrons. The molecule has 2 aromatic rings. The van der Waals surface area contributed by atoms with E-state index in [4.69, 9.17) is 0 Å². The molecule has 6 nitrogen and oxygen atoms in total. The van der Waals surface area contributed by atoms with Crippen LogP contribution >= 0.6 is 0 Å². The van der Waals surface area contributed by atoms with E-state index in [1.165, 1.54) is 18.2 Å². The van der Waals surface area contributed by atoms with Gasteiger partial charge in [0.25, 0.3) is 0 Å². The van der Waals surface area contributed by atoms with Crippen molar-refractivity contribution >= 4 is 27.4 Å². The van der Waals surface area contributed by atoms with Gasteiger partial charge in [-0.15, -0.1) is 0 Å². The van der Waals surface area contributed by atoms with E-state index in [1.54, 1.807) is 30.3 Å². The number of anilines is 2. The minimum Gasteiger partial charge on any atom is -0.338 e. The van der Waals surface area contributed by atoms with Gasteiger partial charge in [0.15, 0.2) is 0 Å². The third kappa shape index (κ3) is 5.88. The van der Waals surface area contributed by atoms with Crippen molar-refractivity contribution in [3.05, 3.63) is 59.9 Å². The van der Waals surface area contributed by atoms with Gasteiger partial charge >= 0.3 is 6.03 Å². The van der Waals surface area contributed by atoms with Crippen molar-refractivity contribution in [3.8, 4) is 0 Å². The lowest BCUT2D eigenvalue weighted by Gasteiger charge is -2.09. The van der Waals surface area contributed by atoms with Gasteiger partial charge in [0.1, 0.15) is 5.82 Å². The van der Waals surface area contributed by atoms with E-state index >= 15 is 0 Å². The molecule has 0 saturated carbocycles. The summed E-state index contributed by atoms with van der Waals surface area (Å²) in [4.78, 5) is 11.8. The molecule has 0 spiro atoms. The standard InChI is InChI=1S/C16H18FN3O3S/c1-24(22,23)20-14-8-6-13(7-9-14)19-16(21)18-11-10-12-4-2-3-5-15(12)17/h2-9,20H,10-11H2,1H3,(H2,18,19,21). The zero-order valence-corrected chi connectivity index (χ0v) is 13.9. The number of hydrogen-bond donors (Lipinski definition) is 3. The van der Waals surface area contributed by atoms with Crippen LogP contribution in [0.25, 0.3) is 0 Å². The van der Waals surface area contributed by atoms with E-state index < -0.39 is 16.1 Å². The van der Waals surface area contributed by atoms with Crippen molar-refractivity contribution in [1.82, 2.24) is 5.32 Å². The normalized spacial score (nSPS) is 10.9. The highest BCUT2D eigenvalue weighted by Crippen LogP contribution is 2.14. The van der Waals surface area contributed by atoms with Crippen LogP contribution in [-0.4, -0.2) is 27.2 Å². The van der Waals surface area contributed by atoms with E-state index in [-0.39, 0.29) is 5.82 Å². The molecular formula is C16H18FN3O3S. The molecule has 0 fully saturated rings. The number of halogens is 1. The van der Waals surface area contributed by atoms with E-state index in [1.807, 2.05) is 0 Å². The summed E-state index contributed by atoms with van der Waals surface area (Å²) in [6, 6.07) is 12.2. The maximum absolute atomic E-state index is 13.4. The Bertz CT molecular complexity index is 808. The molecule has 2 rings (SSSR count). The molecule has 8 heteroatoms. The van der Waals surface area contributed by atoms with Crippen LogP contribution in [0, 0.1) is 5.82 Å². The SMILES string of the molecule is CS(=O)(=O)Nc1ccc(NC(=O)NCCc2ccccc2F)cc1. The average molecular weight is 351 g/mol. The Kier molecular flexibility index (Phi) is 5.75. The van der Waals surface area contributed by atoms with Gasteiger partial charge in [-0.05, 0) is 42.3 Å². The lowest BCUT2D eigenvalue weighted by Crippen LogP contribution is -2.30. The molecule has 24 heavy (non-hydrogen) atoms. The summed E-state index contributed by atoms with van der Waals surface area (Å²) in [5.74, 6) is -0.298. The summed E-state index contributed by atoms with van der Waals surface area (Å²) in [7, 11) is -3.34. The Morgan fingerprint density at radius 2 is 1.67 bits per heavy atom. The van der Waals surface area contributed by atoms with Gasteiger partial charge in [0.2, 0.25) is 10.0 Å². The Balaban J connectivity index is 1.81. The van der Waals surface area contributed by atoms with Gasteiger partial charge in [-0.2, -0.15) is 0 Å². The average Bonchev–Trinajstić information content (AvgIpc) is 2.50. The van der Waals surface area contributed by atoms with E-state index in [9.17, 15) is 17.6 Å². The molecule has 0 bridgehead atoms. The van der Waals surface area contributed by atoms with Gasteiger partial charge in [0, 0.05) is 17.9 Å². The second-order valence-electron chi connectivity index (χ2n) is 5.17. The fraction of sp³-hybridized carbons (Fsp3) is 0.188. The van der Waals surface area contributed by atoms with Crippen LogP contribution in [0.15, 0.2) is 48.5 Å². The van der Waals surface area contributed by atoms with Gasteiger partial charge in [0.05, 0.1) is 6.26 Å². The Labute approximate surface area is 140 Å². The molecule has 0 aliphatic heterocycles. The van der Waals surface area contributed by atoms with Crippen molar-refractivity contribution in [2.24, 2.45) is 0 Å². The van der Waals surface area contributed by atoms with Crippen molar-refractivity contribution in [3.63, 3.8) is 0 Å². The first-order chi connectivity index (χ1) is 11.3. The van der Waals surface area contributed by atoms with Crippen LogP contribution in [0.2, 0.25) is 0 Å². The lowest BCUT2D eigenvalue weighted by atomic mass is 10.1. The molecule has 0 aliphatic carbocycles. The van der Waals surface area contributed by atoms with Gasteiger partial charge in [-0.3, -0.25) is 4.72 Å². The molecule has 2 aromatic carbocycles. The van der Waals surface area contributed by atoms with Crippen LogP contribution in [0.3, 0.4) is 0 Å².